The van der Waals surface area contributed by atoms with Gasteiger partial charge in [0.05, 0.1) is 13.5 Å². The van der Waals surface area contributed by atoms with Crippen molar-refractivity contribution in [1.29, 1.82) is 0 Å². The zero-order valence-electron chi connectivity index (χ0n) is 13.4. The van der Waals surface area contributed by atoms with Crippen molar-refractivity contribution in [2.75, 3.05) is 39.8 Å². The first-order chi connectivity index (χ1) is 10.1. The molecule has 4 nitrogen and oxygen atoms in total. The molecule has 0 aromatic heterocycles. The molecule has 1 heterocycles. The van der Waals surface area contributed by atoms with Crippen LogP contribution in [-0.2, 0) is 16.1 Å². The highest BCUT2D eigenvalue weighted by atomic mass is 16.5. The number of ether oxygens (including phenoxy) is 1. The van der Waals surface area contributed by atoms with E-state index in [0.29, 0.717) is 6.42 Å². The van der Waals surface area contributed by atoms with Crippen LogP contribution < -0.4 is 0 Å². The maximum absolute atomic E-state index is 11.2. The molecular weight excluding hydrogens is 264 g/mol. The van der Waals surface area contributed by atoms with E-state index in [9.17, 15) is 4.79 Å². The zero-order valence-corrected chi connectivity index (χ0v) is 13.4. The quantitative estimate of drug-likeness (QED) is 0.776. The van der Waals surface area contributed by atoms with E-state index in [1.165, 1.54) is 23.8 Å². The van der Waals surface area contributed by atoms with E-state index >= 15 is 0 Å². The minimum Gasteiger partial charge on any atom is -0.469 e. The van der Waals surface area contributed by atoms with E-state index in [2.05, 4.69) is 46.6 Å². The lowest BCUT2D eigenvalue weighted by molar-refractivity contribution is -0.141. The maximum atomic E-state index is 11.2. The lowest BCUT2D eigenvalue weighted by Crippen LogP contribution is -2.46. The minimum absolute atomic E-state index is 0.118. The van der Waals surface area contributed by atoms with Gasteiger partial charge in [0.15, 0.2) is 0 Å². The molecule has 0 saturated carbocycles. The average molecular weight is 290 g/mol. The van der Waals surface area contributed by atoms with Crippen LogP contribution in [0.15, 0.2) is 18.2 Å². The highest BCUT2D eigenvalue weighted by molar-refractivity contribution is 5.69. The number of carbonyl (C=O) groups is 1. The van der Waals surface area contributed by atoms with Crippen LogP contribution in [0, 0.1) is 13.8 Å². The van der Waals surface area contributed by atoms with E-state index < -0.39 is 0 Å². The molecule has 0 radical (unpaired) electrons. The van der Waals surface area contributed by atoms with Crippen LogP contribution in [-0.4, -0.2) is 55.6 Å². The van der Waals surface area contributed by atoms with E-state index in [1.54, 1.807) is 0 Å². The lowest BCUT2D eigenvalue weighted by Gasteiger charge is -2.34. The van der Waals surface area contributed by atoms with Crippen molar-refractivity contribution in [3.05, 3.63) is 34.9 Å². The van der Waals surface area contributed by atoms with Gasteiger partial charge in [-0.2, -0.15) is 0 Å². The van der Waals surface area contributed by atoms with E-state index in [4.69, 9.17) is 0 Å². The summed E-state index contributed by atoms with van der Waals surface area (Å²) in [6.45, 7) is 10.4. The van der Waals surface area contributed by atoms with Crippen LogP contribution in [0.1, 0.15) is 23.1 Å². The summed E-state index contributed by atoms with van der Waals surface area (Å²) in [6, 6.07) is 6.67. The molecule has 0 spiro atoms. The standard InChI is InChI=1S/C17H26N2O2/c1-14-4-5-15(2)16(12-14)13-19-10-8-18(9-11-19)7-6-17(20)21-3/h4-5,12H,6-11,13H2,1-3H3. The Morgan fingerprint density at radius 2 is 1.81 bits per heavy atom. The number of hydrogen-bond acceptors (Lipinski definition) is 4. The first-order valence-electron chi connectivity index (χ1n) is 7.66. The zero-order chi connectivity index (χ0) is 15.2. The third-order valence-corrected chi connectivity index (χ3v) is 4.22. The lowest BCUT2D eigenvalue weighted by atomic mass is 10.0. The van der Waals surface area contributed by atoms with Crippen molar-refractivity contribution in [2.45, 2.75) is 26.8 Å². The van der Waals surface area contributed by atoms with Crippen LogP contribution in [0.5, 0.6) is 0 Å². The Morgan fingerprint density at radius 3 is 2.48 bits per heavy atom. The van der Waals surface area contributed by atoms with Gasteiger partial charge in [-0.15, -0.1) is 0 Å². The summed E-state index contributed by atoms with van der Waals surface area (Å²) in [6.07, 6.45) is 0.494. The normalized spacial score (nSPS) is 16.9. The van der Waals surface area contributed by atoms with Gasteiger partial charge in [0.2, 0.25) is 0 Å². The molecule has 1 saturated heterocycles. The first-order valence-corrected chi connectivity index (χ1v) is 7.66. The maximum Gasteiger partial charge on any atom is 0.306 e. The molecular formula is C17H26N2O2. The molecule has 116 valence electrons. The van der Waals surface area contributed by atoms with Crippen molar-refractivity contribution >= 4 is 5.97 Å². The van der Waals surface area contributed by atoms with E-state index in [1.807, 2.05) is 0 Å². The number of piperazine rings is 1. The Balaban J connectivity index is 1.79. The van der Waals surface area contributed by atoms with Crippen LogP contribution >= 0.6 is 0 Å². The Kier molecular flexibility index (Phi) is 5.76. The molecule has 0 N–H and O–H groups in total. The molecule has 1 fully saturated rings. The molecule has 0 unspecified atom stereocenters. The van der Waals surface area contributed by atoms with Crippen LogP contribution in [0.25, 0.3) is 0 Å². The molecule has 1 aliphatic rings. The van der Waals surface area contributed by atoms with E-state index in [0.717, 1.165) is 39.3 Å². The molecule has 0 bridgehead atoms. The van der Waals surface area contributed by atoms with E-state index in [-0.39, 0.29) is 5.97 Å². The number of nitrogens with zero attached hydrogens (tertiary/aromatic N) is 2. The van der Waals surface area contributed by atoms with Crippen molar-refractivity contribution in [1.82, 2.24) is 9.80 Å². The fourth-order valence-corrected chi connectivity index (χ4v) is 2.73. The average Bonchev–Trinajstić information content (AvgIpc) is 2.50. The summed E-state index contributed by atoms with van der Waals surface area (Å²) < 4.78 is 4.69. The van der Waals surface area contributed by atoms with Gasteiger partial charge in [-0.1, -0.05) is 23.8 Å². The van der Waals surface area contributed by atoms with Crippen LogP contribution in [0.4, 0.5) is 0 Å². The second-order valence-electron chi connectivity index (χ2n) is 5.87. The Morgan fingerprint density at radius 1 is 1.14 bits per heavy atom. The Bertz CT molecular complexity index is 480. The number of esters is 1. The molecule has 1 aliphatic heterocycles. The van der Waals surface area contributed by atoms with Crippen molar-refractivity contribution in [3.63, 3.8) is 0 Å². The number of rotatable bonds is 5. The molecule has 0 amide bonds. The monoisotopic (exact) mass is 290 g/mol. The van der Waals surface area contributed by atoms with Crippen LogP contribution in [0.3, 0.4) is 0 Å². The second kappa shape index (κ2) is 7.57. The highest BCUT2D eigenvalue weighted by Crippen LogP contribution is 2.14. The van der Waals surface area contributed by atoms with Gasteiger partial charge in [-0.05, 0) is 25.0 Å². The summed E-state index contributed by atoms with van der Waals surface area (Å²) in [4.78, 5) is 16.0. The minimum atomic E-state index is -0.118. The predicted molar refractivity (Wildman–Crippen MR) is 84.3 cm³/mol. The summed E-state index contributed by atoms with van der Waals surface area (Å²) in [5, 5.41) is 0. The van der Waals surface area contributed by atoms with Gasteiger partial charge in [-0.3, -0.25) is 9.69 Å². The number of benzene rings is 1. The summed E-state index contributed by atoms with van der Waals surface area (Å²) in [5.41, 5.74) is 4.12. The molecule has 21 heavy (non-hydrogen) atoms. The SMILES string of the molecule is COC(=O)CCN1CCN(Cc2cc(C)ccc2C)CC1. The molecule has 1 aromatic carbocycles. The van der Waals surface area contributed by atoms with Gasteiger partial charge in [0.1, 0.15) is 0 Å². The summed E-state index contributed by atoms with van der Waals surface area (Å²) in [5.74, 6) is -0.118. The van der Waals surface area contributed by atoms with Crippen LogP contribution in [0.2, 0.25) is 0 Å². The number of carbonyl (C=O) groups excluding carboxylic acids is 1. The fourth-order valence-electron chi connectivity index (χ4n) is 2.73. The van der Waals surface area contributed by atoms with Gasteiger partial charge in [0.25, 0.3) is 0 Å². The van der Waals surface area contributed by atoms with Crippen molar-refractivity contribution < 1.29 is 9.53 Å². The fraction of sp³-hybridized carbons (Fsp3) is 0.588. The summed E-state index contributed by atoms with van der Waals surface area (Å²) in [7, 11) is 1.45. The summed E-state index contributed by atoms with van der Waals surface area (Å²) >= 11 is 0. The molecule has 0 atom stereocenters. The molecule has 1 aromatic rings. The Hall–Kier alpha value is -1.39. The number of methoxy groups -OCH3 is 1. The van der Waals surface area contributed by atoms with Gasteiger partial charge < -0.3 is 9.64 Å². The topological polar surface area (TPSA) is 32.8 Å². The highest BCUT2D eigenvalue weighted by Gasteiger charge is 2.18. The van der Waals surface area contributed by atoms with Gasteiger partial charge >= 0.3 is 5.97 Å². The predicted octanol–water partition coefficient (Wildman–Crippen LogP) is 1.98. The number of aryl methyl sites for hydroxylation is 2. The second-order valence-corrected chi connectivity index (χ2v) is 5.87. The van der Waals surface area contributed by atoms with Gasteiger partial charge in [0, 0.05) is 39.3 Å². The Labute approximate surface area is 127 Å². The van der Waals surface area contributed by atoms with Crippen molar-refractivity contribution in [2.24, 2.45) is 0 Å². The smallest absolute Gasteiger partial charge is 0.306 e. The third kappa shape index (κ3) is 4.83. The molecule has 4 heteroatoms. The third-order valence-electron chi connectivity index (χ3n) is 4.22. The van der Waals surface area contributed by atoms with Crippen molar-refractivity contribution in [3.8, 4) is 0 Å². The molecule has 2 rings (SSSR count). The first kappa shape index (κ1) is 16.0. The van der Waals surface area contributed by atoms with Gasteiger partial charge in [-0.25, -0.2) is 0 Å². The molecule has 0 aliphatic carbocycles. The largest absolute Gasteiger partial charge is 0.469 e. The number of hydrogen-bond donors (Lipinski definition) is 0.